The Morgan fingerprint density at radius 2 is 1.81 bits per heavy atom. The Bertz CT molecular complexity index is 959. The van der Waals surface area contributed by atoms with E-state index < -0.39 is 4.92 Å². The molecule has 9 nitrogen and oxygen atoms in total. The van der Waals surface area contributed by atoms with Gasteiger partial charge < -0.3 is 15.0 Å². The Morgan fingerprint density at radius 3 is 2.45 bits per heavy atom. The molecule has 0 bridgehead atoms. The molecule has 0 saturated carbocycles. The van der Waals surface area contributed by atoms with Gasteiger partial charge in [-0.1, -0.05) is 6.07 Å². The van der Waals surface area contributed by atoms with Gasteiger partial charge in [-0.2, -0.15) is 0 Å². The topological polar surface area (TPSA) is 105 Å². The highest BCUT2D eigenvalue weighted by Crippen LogP contribution is 2.27. The maximum absolute atomic E-state index is 12.9. The number of carbonyl (C=O) groups excluding carboxylic acids is 2. The monoisotopic (exact) mass is 430 g/mol. The third-order valence-electron chi connectivity index (χ3n) is 4.88. The summed E-state index contributed by atoms with van der Waals surface area (Å²) in [5.74, 6) is -0.804. The molecule has 0 radical (unpaired) electrons. The summed E-state index contributed by atoms with van der Waals surface area (Å²) in [4.78, 5) is 38.7. The van der Waals surface area contributed by atoms with Crippen LogP contribution < -0.4 is 10.1 Å². The van der Waals surface area contributed by atoms with Crippen molar-refractivity contribution in [3.05, 3.63) is 64.0 Å². The van der Waals surface area contributed by atoms with Gasteiger partial charge in [-0.3, -0.25) is 24.6 Å². The predicted octanol–water partition coefficient (Wildman–Crippen LogP) is 2.20. The molecule has 0 unspecified atom stereocenters. The van der Waals surface area contributed by atoms with E-state index in [0.717, 1.165) is 5.56 Å². The number of nitrogens with zero attached hydrogens (tertiary/aromatic N) is 3. The Hall–Kier alpha value is -3.53. The number of hydrogen-bond acceptors (Lipinski definition) is 6. The fraction of sp³-hybridized carbons (Fsp3) is 0.333. The Kier molecular flexibility index (Phi) is 7.14. The molecular formula is C21H23FN4O5. The summed E-state index contributed by atoms with van der Waals surface area (Å²) < 4.78 is 18.4. The lowest BCUT2D eigenvalue weighted by Crippen LogP contribution is -2.51. The highest BCUT2D eigenvalue weighted by molar-refractivity contribution is 5.92. The number of carbonyl (C=O) groups is 2. The zero-order valence-corrected chi connectivity index (χ0v) is 17.0. The largest absolute Gasteiger partial charge is 0.477 e. The van der Waals surface area contributed by atoms with Gasteiger partial charge in [-0.05, 0) is 42.8 Å². The molecule has 2 aromatic rings. The highest BCUT2D eigenvalue weighted by atomic mass is 19.1. The van der Waals surface area contributed by atoms with Crippen LogP contribution >= 0.6 is 0 Å². The fourth-order valence-corrected chi connectivity index (χ4v) is 3.21. The van der Waals surface area contributed by atoms with Gasteiger partial charge in [-0.15, -0.1) is 0 Å². The standard InChI is InChI=1S/C21H23FN4O5/c1-15-2-7-18(26(29)30)19(12-15)31-14-21(28)25-10-8-24(9-11-25)13-20(27)23-17-5-3-16(22)4-6-17/h2-7,12H,8-11,13-14H2,1H3,(H,23,27). The number of amides is 2. The summed E-state index contributed by atoms with van der Waals surface area (Å²) in [5.41, 5.74) is 1.12. The lowest BCUT2D eigenvalue weighted by Gasteiger charge is -2.34. The average molecular weight is 430 g/mol. The van der Waals surface area contributed by atoms with Crippen molar-refractivity contribution >= 4 is 23.2 Å². The predicted molar refractivity (Wildman–Crippen MR) is 111 cm³/mol. The third-order valence-corrected chi connectivity index (χ3v) is 4.88. The van der Waals surface area contributed by atoms with Crippen LogP contribution in [0, 0.1) is 22.9 Å². The number of nitrogens with one attached hydrogen (secondary N) is 1. The Morgan fingerprint density at radius 1 is 1.13 bits per heavy atom. The van der Waals surface area contributed by atoms with Crippen molar-refractivity contribution < 1.29 is 23.6 Å². The molecule has 1 N–H and O–H groups in total. The zero-order valence-electron chi connectivity index (χ0n) is 17.0. The summed E-state index contributed by atoms with van der Waals surface area (Å²) in [6.45, 7) is 3.49. The van der Waals surface area contributed by atoms with Gasteiger partial charge in [0.15, 0.2) is 12.4 Å². The molecule has 2 amide bonds. The second-order valence-corrected chi connectivity index (χ2v) is 7.23. The normalized spacial score (nSPS) is 14.2. The molecule has 0 atom stereocenters. The van der Waals surface area contributed by atoms with E-state index >= 15 is 0 Å². The van der Waals surface area contributed by atoms with Gasteiger partial charge in [0.05, 0.1) is 11.5 Å². The van der Waals surface area contributed by atoms with Crippen LogP contribution in [0.5, 0.6) is 5.75 Å². The molecule has 1 aliphatic rings. The first-order valence-electron chi connectivity index (χ1n) is 9.75. The van der Waals surface area contributed by atoms with Crippen LogP contribution in [0.25, 0.3) is 0 Å². The number of nitro benzene ring substituents is 1. The molecule has 164 valence electrons. The number of ether oxygens (including phenoxy) is 1. The van der Waals surface area contributed by atoms with Crippen LogP contribution in [0.15, 0.2) is 42.5 Å². The van der Waals surface area contributed by atoms with E-state index in [-0.39, 0.29) is 42.2 Å². The third kappa shape index (κ3) is 6.22. The second kappa shape index (κ2) is 9.98. The number of anilines is 1. The molecule has 10 heteroatoms. The van der Waals surface area contributed by atoms with Crippen LogP contribution in [0.2, 0.25) is 0 Å². The molecule has 0 aliphatic carbocycles. The van der Waals surface area contributed by atoms with E-state index in [0.29, 0.717) is 31.9 Å². The van der Waals surface area contributed by atoms with Crippen molar-refractivity contribution in [2.75, 3.05) is 44.6 Å². The molecular weight excluding hydrogens is 407 g/mol. The van der Waals surface area contributed by atoms with Gasteiger partial charge in [0.25, 0.3) is 5.91 Å². The number of nitro groups is 1. The highest BCUT2D eigenvalue weighted by Gasteiger charge is 2.24. The number of hydrogen-bond donors (Lipinski definition) is 1. The summed E-state index contributed by atoms with van der Waals surface area (Å²) in [6.07, 6.45) is 0. The van der Waals surface area contributed by atoms with Crippen molar-refractivity contribution in [1.29, 1.82) is 0 Å². The molecule has 3 rings (SSSR count). The minimum absolute atomic E-state index is 0.0643. The molecule has 1 fully saturated rings. The molecule has 0 aromatic heterocycles. The van der Waals surface area contributed by atoms with E-state index in [2.05, 4.69) is 5.32 Å². The lowest BCUT2D eigenvalue weighted by molar-refractivity contribution is -0.385. The number of benzene rings is 2. The van der Waals surface area contributed by atoms with Gasteiger partial charge in [0, 0.05) is 37.9 Å². The van der Waals surface area contributed by atoms with Gasteiger partial charge in [0.1, 0.15) is 5.82 Å². The van der Waals surface area contributed by atoms with Gasteiger partial charge in [-0.25, -0.2) is 4.39 Å². The molecule has 1 aliphatic heterocycles. The van der Waals surface area contributed by atoms with E-state index in [1.165, 1.54) is 36.4 Å². The van der Waals surface area contributed by atoms with Crippen molar-refractivity contribution in [3.8, 4) is 5.75 Å². The van der Waals surface area contributed by atoms with Crippen LogP contribution in [0.3, 0.4) is 0 Å². The van der Waals surface area contributed by atoms with E-state index in [4.69, 9.17) is 4.74 Å². The molecule has 1 saturated heterocycles. The van der Waals surface area contributed by atoms with Crippen molar-refractivity contribution in [3.63, 3.8) is 0 Å². The van der Waals surface area contributed by atoms with Crippen LogP contribution in [-0.4, -0.2) is 65.9 Å². The summed E-state index contributed by atoms with van der Waals surface area (Å²) in [6, 6.07) is 10.0. The smallest absolute Gasteiger partial charge is 0.310 e. The first kappa shape index (κ1) is 22.2. The molecule has 1 heterocycles. The quantitative estimate of drug-likeness (QED) is 0.533. The van der Waals surface area contributed by atoms with Gasteiger partial charge in [0.2, 0.25) is 5.91 Å². The van der Waals surface area contributed by atoms with Crippen molar-refractivity contribution in [2.24, 2.45) is 0 Å². The van der Waals surface area contributed by atoms with Crippen molar-refractivity contribution in [1.82, 2.24) is 9.80 Å². The van der Waals surface area contributed by atoms with Crippen LogP contribution in [-0.2, 0) is 9.59 Å². The molecule has 2 aromatic carbocycles. The lowest BCUT2D eigenvalue weighted by atomic mass is 10.2. The van der Waals surface area contributed by atoms with Crippen LogP contribution in [0.4, 0.5) is 15.8 Å². The summed E-state index contributed by atoms with van der Waals surface area (Å²) in [5, 5.41) is 13.8. The maximum Gasteiger partial charge on any atom is 0.310 e. The second-order valence-electron chi connectivity index (χ2n) is 7.23. The maximum atomic E-state index is 12.9. The fourth-order valence-electron chi connectivity index (χ4n) is 3.21. The minimum atomic E-state index is -0.547. The zero-order chi connectivity index (χ0) is 22.4. The first-order valence-corrected chi connectivity index (χ1v) is 9.75. The van der Waals surface area contributed by atoms with E-state index in [9.17, 15) is 24.1 Å². The summed E-state index contributed by atoms with van der Waals surface area (Å²) >= 11 is 0. The van der Waals surface area contributed by atoms with E-state index in [1.54, 1.807) is 17.9 Å². The Balaban J connectivity index is 1.44. The SMILES string of the molecule is Cc1ccc([N+](=O)[O-])c(OCC(=O)N2CCN(CC(=O)Nc3ccc(F)cc3)CC2)c1. The average Bonchev–Trinajstić information content (AvgIpc) is 2.74. The first-order chi connectivity index (χ1) is 14.8. The summed E-state index contributed by atoms with van der Waals surface area (Å²) in [7, 11) is 0. The molecule has 31 heavy (non-hydrogen) atoms. The van der Waals surface area contributed by atoms with Gasteiger partial charge >= 0.3 is 5.69 Å². The molecule has 0 spiro atoms. The van der Waals surface area contributed by atoms with Crippen LogP contribution in [0.1, 0.15) is 5.56 Å². The van der Waals surface area contributed by atoms with Crippen molar-refractivity contribution in [2.45, 2.75) is 6.92 Å². The number of aryl methyl sites for hydroxylation is 1. The number of halogens is 1. The number of piperazine rings is 1. The Labute approximate surface area is 178 Å². The number of rotatable bonds is 7. The minimum Gasteiger partial charge on any atom is -0.477 e. The van der Waals surface area contributed by atoms with E-state index in [1.807, 2.05) is 4.90 Å².